The van der Waals surface area contributed by atoms with Gasteiger partial charge in [0, 0.05) is 9.13 Å². The third-order valence-electron chi connectivity index (χ3n) is 1.98. The highest BCUT2D eigenvalue weighted by molar-refractivity contribution is 14.1. The van der Waals surface area contributed by atoms with Gasteiger partial charge in [0.25, 0.3) is 0 Å². The number of benzene rings is 1. The van der Waals surface area contributed by atoms with E-state index in [1.807, 2.05) is 0 Å². The van der Waals surface area contributed by atoms with E-state index in [9.17, 15) is 0 Å². The van der Waals surface area contributed by atoms with Gasteiger partial charge >= 0.3 is 0 Å². The van der Waals surface area contributed by atoms with Gasteiger partial charge in [-0.05, 0) is 53.6 Å². The third-order valence-corrected chi connectivity index (χ3v) is 3.11. The molecule has 0 radical (unpaired) electrons. The zero-order valence-electron chi connectivity index (χ0n) is 8.15. The van der Waals surface area contributed by atoms with Crippen molar-refractivity contribution in [2.75, 3.05) is 7.11 Å². The van der Waals surface area contributed by atoms with Crippen molar-refractivity contribution in [3.05, 3.63) is 26.8 Å². The summed E-state index contributed by atoms with van der Waals surface area (Å²) in [6, 6.07) is 4.32. The van der Waals surface area contributed by atoms with Gasteiger partial charge in [0.1, 0.15) is 5.75 Å². The maximum atomic E-state index is 5.26. The SMILES string of the molecule is CCc1cc(I)c(C)c(OC)c1.O. The molecule has 74 valence electrons. The van der Waals surface area contributed by atoms with Crippen molar-refractivity contribution in [3.8, 4) is 5.75 Å². The number of ether oxygens (including phenoxy) is 1. The van der Waals surface area contributed by atoms with E-state index >= 15 is 0 Å². The minimum absolute atomic E-state index is 0. The van der Waals surface area contributed by atoms with Crippen LogP contribution in [0.2, 0.25) is 0 Å². The van der Waals surface area contributed by atoms with Gasteiger partial charge in [-0.25, -0.2) is 0 Å². The second-order valence-corrected chi connectivity index (χ2v) is 3.92. The topological polar surface area (TPSA) is 40.7 Å². The fraction of sp³-hybridized carbons (Fsp3) is 0.400. The summed E-state index contributed by atoms with van der Waals surface area (Å²) in [5, 5.41) is 0. The van der Waals surface area contributed by atoms with E-state index in [1.165, 1.54) is 14.7 Å². The molecule has 1 aromatic rings. The van der Waals surface area contributed by atoms with Gasteiger partial charge in [0.05, 0.1) is 7.11 Å². The Balaban J connectivity index is 0.00000144. The molecular weight excluding hydrogens is 279 g/mol. The molecule has 0 heterocycles. The Morgan fingerprint density at radius 3 is 2.46 bits per heavy atom. The molecule has 0 aliphatic carbocycles. The Bertz CT molecular complexity index is 284. The van der Waals surface area contributed by atoms with E-state index in [-0.39, 0.29) is 5.48 Å². The van der Waals surface area contributed by atoms with Crippen LogP contribution in [0.5, 0.6) is 5.75 Å². The first kappa shape index (κ1) is 12.7. The minimum atomic E-state index is 0. The zero-order valence-corrected chi connectivity index (χ0v) is 10.3. The Morgan fingerprint density at radius 1 is 1.38 bits per heavy atom. The molecule has 0 saturated heterocycles. The van der Waals surface area contributed by atoms with Crippen molar-refractivity contribution < 1.29 is 10.2 Å². The summed E-state index contributed by atoms with van der Waals surface area (Å²) in [5.74, 6) is 0.999. The zero-order chi connectivity index (χ0) is 9.14. The van der Waals surface area contributed by atoms with Crippen LogP contribution >= 0.6 is 22.6 Å². The summed E-state index contributed by atoms with van der Waals surface area (Å²) in [6.45, 7) is 4.24. The molecule has 0 atom stereocenters. The fourth-order valence-corrected chi connectivity index (χ4v) is 1.79. The maximum absolute atomic E-state index is 5.26. The molecule has 0 fully saturated rings. The lowest BCUT2D eigenvalue weighted by atomic mass is 10.1. The molecule has 13 heavy (non-hydrogen) atoms. The molecular formula is C10H15IO2. The van der Waals surface area contributed by atoms with Crippen molar-refractivity contribution in [2.45, 2.75) is 20.3 Å². The molecule has 0 amide bonds. The predicted octanol–water partition coefficient (Wildman–Crippen LogP) is 2.35. The van der Waals surface area contributed by atoms with Crippen molar-refractivity contribution in [1.29, 1.82) is 0 Å². The summed E-state index contributed by atoms with van der Waals surface area (Å²) >= 11 is 2.34. The molecule has 0 aromatic heterocycles. The normalized spacial score (nSPS) is 9.23. The van der Waals surface area contributed by atoms with E-state index in [1.54, 1.807) is 7.11 Å². The Morgan fingerprint density at radius 2 is 2.00 bits per heavy atom. The highest BCUT2D eigenvalue weighted by Gasteiger charge is 2.03. The van der Waals surface area contributed by atoms with Crippen molar-refractivity contribution >= 4 is 22.6 Å². The Labute approximate surface area is 92.7 Å². The van der Waals surface area contributed by atoms with Crippen molar-refractivity contribution in [2.24, 2.45) is 0 Å². The largest absolute Gasteiger partial charge is 0.496 e. The highest BCUT2D eigenvalue weighted by Crippen LogP contribution is 2.25. The fourth-order valence-electron chi connectivity index (χ4n) is 1.12. The molecule has 1 rings (SSSR count). The molecule has 2 N–H and O–H groups in total. The predicted molar refractivity (Wildman–Crippen MR) is 63.4 cm³/mol. The van der Waals surface area contributed by atoms with Crippen LogP contribution < -0.4 is 4.74 Å². The number of hydrogen-bond donors (Lipinski definition) is 0. The smallest absolute Gasteiger partial charge is 0.123 e. The molecule has 0 aliphatic heterocycles. The molecule has 0 saturated carbocycles. The third kappa shape index (κ3) is 2.84. The number of methoxy groups -OCH3 is 1. The molecule has 1 aromatic carbocycles. The van der Waals surface area contributed by atoms with Crippen LogP contribution in [-0.4, -0.2) is 12.6 Å². The first-order valence-electron chi connectivity index (χ1n) is 4.02. The molecule has 0 bridgehead atoms. The first-order valence-corrected chi connectivity index (χ1v) is 5.10. The summed E-state index contributed by atoms with van der Waals surface area (Å²) in [5.41, 5.74) is 2.57. The van der Waals surface area contributed by atoms with Crippen LogP contribution in [0.25, 0.3) is 0 Å². The number of aryl methyl sites for hydroxylation is 1. The van der Waals surface area contributed by atoms with Crippen molar-refractivity contribution in [1.82, 2.24) is 0 Å². The van der Waals surface area contributed by atoms with Gasteiger partial charge in [-0.1, -0.05) is 6.92 Å². The molecule has 3 heteroatoms. The van der Waals surface area contributed by atoms with Crippen LogP contribution in [0.4, 0.5) is 0 Å². The van der Waals surface area contributed by atoms with E-state index < -0.39 is 0 Å². The lowest BCUT2D eigenvalue weighted by Gasteiger charge is -2.08. The van der Waals surface area contributed by atoms with Crippen LogP contribution in [0.15, 0.2) is 12.1 Å². The van der Waals surface area contributed by atoms with E-state index in [4.69, 9.17) is 4.74 Å². The van der Waals surface area contributed by atoms with Gasteiger partial charge in [-0.2, -0.15) is 0 Å². The molecule has 0 spiro atoms. The second-order valence-electron chi connectivity index (χ2n) is 2.76. The van der Waals surface area contributed by atoms with E-state index in [2.05, 4.69) is 48.6 Å². The van der Waals surface area contributed by atoms with Gasteiger partial charge in [0.15, 0.2) is 0 Å². The average Bonchev–Trinajstić information content (AvgIpc) is 2.09. The Kier molecular flexibility index (Phi) is 5.32. The second kappa shape index (κ2) is 5.44. The van der Waals surface area contributed by atoms with Crippen LogP contribution in [-0.2, 0) is 6.42 Å². The number of halogens is 1. The van der Waals surface area contributed by atoms with Crippen LogP contribution in [0.3, 0.4) is 0 Å². The molecule has 2 nitrogen and oxygen atoms in total. The van der Waals surface area contributed by atoms with Gasteiger partial charge < -0.3 is 10.2 Å². The lowest BCUT2D eigenvalue weighted by Crippen LogP contribution is -1.92. The summed E-state index contributed by atoms with van der Waals surface area (Å²) < 4.78 is 6.54. The van der Waals surface area contributed by atoms with Crippen LogP contribution in [0.1, 0.15) is 18.1 Å². The van der Waals surface area contributed by atoms with Crippen LogP contribution in [0, 0.1) is 10.5 Å². The van der Waals surface area contributed by atoms with Gasteiger partial charge in [-0.3, -0.25) is 0 Å². The van der Waals surface area contributed by atoms with E-state index in [0.29, 0.717) is 0 Å². The summed E-state index contributed by atoms with van der Waals surface area (Å²) in [4.78, 5) is 0. The van der Waals surface area contributed by atoms with Crippen molar-refractivity contribution in [3.63, 3.8) is 0 Å². The van der Waals surface area contributed by atoms with Gasteiger partial charge in [0.2, 0.25) is 0 Å². The number of rotatable bonds is 2. The first-order chi connectivity index (χ1) is 5.69. The number of hydrogen-bond acceptors (Lipinski definition) is 1. The standard InChI is InChI=1S/C10H13IO.H2O/c1-4-8-5-9(11)7(2)10(6-8)12-3;/h5-6H,4H2,1-3H3;1H2. The summed E-state index contributed by atoms with van der Waals surface area (Å²) in [7, 11) is 1.72. The highest BCUT2D eigenvalue weighted by atomic mass is 127. The Hall–Kier alpha value is -0.290. The monoisotopic (exact) mass is 294 g/mol. The maximum Gasteiger partial charge on any atom is 0.123 e. The van der Waals surface area contributed by atoms with E-state index in [0.717, 1.165) is 12.2 Å². The molecule has 0 unspecified atom stereocenters. The minimum Gasteiger partial charge on any atom is -0.496 e. The van der Waals surface area contributed by atoms with Gasteiger partial charge in [-0.15, -0.1) is 0 Å². The summed E-state index contributed by atoms with van der Waals surface area (Å²) in [6.07, 6.45) is 1.06. The lowest BCUT2D eigenvalue weighted by molar-refractivity contribution is 0.411. The average molecular weight is 294 g/mol. The quantitative estimate of drug-likeness (QED) is 0.772. The molecule has 0 aliphatic rings.